The Balaban J connectivity index is 1.36. The van der Waals surface area contributed by atoms with E-state index in [1.165, 1.54) is 6.07 Å². The Hall–Kier alpha value is -3.37. The van der Waals surface area contributed by atoms with Gasteiger partial charge < -0.3 is 15.0 Å². The number of hydrogen-bond donors (Lipinski definition) is 1. The zero-order valence-corrected chi connectivity index (χ0v) is 18.3. The molecular formula is C22H25F3N6O2. The number of ether oxygens (including phenoxy) is 1. The Morgan fingerprint density at radius 2 is 1.85 bits per heavy atom. The van der Waals surface area contributed by atoms with Gasteiger partial charge in [0.05, 0.1) is 12.6 Å². The molecule has 1 N–H and O–H groups in total. The Labute approximate surface area is 188 Å². The van der Waals surface area contributed by atoms with Gasteiger partial charge in [0.1, 0.15) is 11.6 Å². The van der Waals surface area contributed by atoms with Crippen molar-refractivity contribution in [2.24, 2.45) is 5.92 Å². The molecule has 1 aliphatic rings. The molecule has 4 rings (SSSR count). The van der Waals surface area contributed by atoms with Crippen LogP contribution in [0.4, 0.5) is 19.0 Å². The summed E-state index contributed by atoms with van der Waals surface area (Å²) in [6.07, 6.45) is -3.48. The van der Waals surface area contributed by atoms with Gasteiger partial charge in [0.15, 0.2) is 5.65 Å². The predicted molar refractivity (Wildman–Crippen MR) is 115 cm³/mol. The second-order valence-corrected chi connectivity index (χ2v) is 7.98. The molecule has 3 heterocycles. The van der Waals surface area contributed by atoms with E-state index in [1.807, 2.05) is 43.0 Å². The number of carbonyl (C=O) groups excluding carboxylic acids is 1. The van der Waals surface area contributed by atoms with E-state index in [2.05, 4.69) is 20.6 Å². The zero-order chi connectivity index (χ0) is 23.6. The number of fused-ring (bicyclic) bond motifs is 1. The molecule has 11 heteroatoms. The number of anilines is 1. The molecule has 0 aliphatic carbocycles. The monoisotopic (exact) mass is 462 g/mol. The molecule has 1 atom stereocenters. The molecule has 33 heavy (non-hydrogen) atoms. The lowest BCUT2D eigenvalue weighted by molar-refractivity contribution is -0.146. The standard InChI is InChI=1S/C22H25F3N6O2/c1-3-33-17-6-4-15(5-7-17)14(2)26-20(32)16-10-12-30(13-11-16)19-9-8-18-27-28-21(22(23,24)25)31(18)29-19/h4-9,14,16H,3,10-13H2,1-2H3,(H,26,32)/t14-/m1/s1. The maximum Gasteiger partial charge on any atom is 0.453 e. The first kappa shape index (κ1) is 22.8. The third-order valence-corrected chi connectivity index (χ3v) is 5.74. The summed E-state index contributed by atoms with van der Waals surface area (Å²) in [5, 5.41) is 13.9. The van der Waals surface area contributed by atoms with Gasteiger partial charge in [-0.1, -0.05) is 12.1 Å². The molecule has 1 amide bonds. The van der Waals surface area contributed by atoms with Gasteiger partial charge in [0, 0.05) is 19.0 Å². The molecule has 3 aromatic rings. The number of carbonyl (C=O) groups is 1. The Morgan fingerprint density at radius 1 is 1.15 bits per heavy atom. The van der Waals surface area contributed by atoms with Crippen molar-refractivity contribution in [1.82, 2.24) is 25.1 Å². The third kappa shape index (κ3) is 5.01. The SMILES string of the molecule is CCOc1ccc([C@@H](C)NC(=O)C2CCN(c3ccc4nnc(C(F)(F)F)n4n3)CC2)cc1. The molecule has 1 aromatic carbocycles. The predicted octanol–water partition coefficient (Wildman–Crippen LogP) is 3.64. The van der Waals surface area contributed by atoms with E-state index in [-0.39, 0.29) is 23.5 Å². The summed E-state index contributed by atoms with van der Waals surface area (Å²) in [6.45, 7) is 5.47. The van der Waals surface area contributed by atoms with Gasteiger partial charge >= 0.3 is 6.18 Å². The van der Waals surface area contributed by atoms with E-state index in [0.717, 1.165) is 11.3 Å². The highest BCUT2D eigenvalue weighted by Gasteiger charge is 2.38. The van der Waals surface area contributed by atoms with Gasteiger partial charge in [0.25, 0.3) is 5.82 Å². The second kappa shape index (κ2) is 9.24. The van der Waals surface area contributed by atoms with Crippen molar-refractivity contribution in [1.29, 1.82) is 0 Å². The highest BCUT2D eigenvalue weighted by atomic mass is 19.4. The molecule has 176 valence electrons. The van der Waals surface area contributed by atoms with Crippen LogP contribution in [-0.4, -0.2) is 45.4 Å². The van der Waals surface area contributed by atoms with Gasteiger partial charge in [-0.2, -0.15) is 17.7 Å². The van der Waals surface area contributed by atoms with Gasteiger partial charge in [-0.15, -0.1) is 15.3 Å². The third-order valence-electron chi connectivity index (χ3n) is 5.74. The molecule has 0 radical (unpaired) electrons. The molecule has 0 unspecified atom stereocenters. The molecule has 1 saturated heterocycles. The number of hydrogen-bond acceptors (Lipinski definition) is 6. The fraction of sp³-hybridized carbons (Fsp3) is 0.455. The van der Waals surface area contributed by atoms with Crippen LogP contribution in [0.1, 0.15) is 44.1 Å². The molecule has 8 nitrogen and oxygen atoms in total. The number of nitrogens with zero attached hydrogens (tertiary/aromatic N) is 5. The number of alkyl halides is 3. The topological polar surface area (TPSA) is 84.6 Å². The van der Waals surface area contributed by atoms with Crippen LogP contribution in [-0.2, 0) is 11.0 Å². The van der Waals surface area contributed by atoms with E-state index < -0.39 is 12.0 Å². The minimum atomic E-state index is -4.64. The van der Waals surface area contributed by atoms with Crippen LogP contribution in [0.2, 0.25) is 0 Å². The normalized spacial score (nSPS) is 16.1. The van der Waals surface area contributed by atoms with Crippen molar-refractivity contribution in [3.05, 3.63) is 47.8 Å². The van der Waals surface area contributed by atoms with Gasteiger partial charge in [-0.25, -0.2) is 0 Å². The van der Waals surface area contributed by atoms with Gasteiger partial charge in [-0.05, 0) is 56.5 Å². The van der Waals surface area contributed by atoms with Crippen LogP contribution in [0.3, 0.4) is 0 Å². The van der Waals surface area contributed by atoms with Crippen molar-refractivity contribution >= 4 is 17.4 Å². The fourth-order valence-corrected chi connectivity index (χ4v) is 3.93. The smallest absolute Gasteiger partial charge is 0.453 e. The quantitative estimate of drug-likeness (QED) is 0.602. The van der Waals surface area contributed by atoms with Crippen molar-refractivity contribution in [3.8, 4) is 5.75 Å². The molecular weight excluding hydrogens is 437 g/mol. The van der Waals surface area contributed by atoms with E-state index in [9.17, 15) is 18.0 Å². The van der Waals surface area contributed by atoms with E-state index in [1.54, 1.807) is 6.07 Å². The van der Waals surface area contributed by atoms with Crippen molar-refractivity contribution in [2.75, 3.05) is 24.6 Å². The molecule has 2 aromatic heterocycles. The Kier molecular flexibility index (Phi) is 6.39. The fourth-order valence-electron chi connectivity index (χ4n) is 3.93. The van der Waals surface area contributed by atoms with Crippen molar-refractivity contribution in [3.63, 3.8) is 0 Å². The zero-order valence-electron chi connectivity index (χ0n) is 18.3. The Bertz CT molecular complexity index is 1110. The van der Waals surface area contributed by atoms with Crippen LogP contribution in [0, 0.1) is 5.92 Å². The lowest BCUT2D eigenvalue weighted by atomic mass is 9.95. The van der Waals surface area contributed by atoms with Crippen LogP contribution >= 0.6 is 0 Å². The first-order valence-corrected chi connectivity index (χ1v) is 10.8. The van der Waals surface area contributed by atoms with Crippen LogP contribution in [0.5, 0.6) is 5.75 Å². The summed E-state index contributed by atoms with van der Waals surface area (Å²) < 4.78 is 45.5. The molecule has 0 spiro atoms. The number of halogens is 3. The average Bonchev–Trinajstić information content (AvgIpc) is 3.24. The maximum absolute atomic E-state index is 13.1. The maximum atomic E-state index is 13.1. The van der Waals surface area contributed by atoms with Crippen LogP contribution in [0.15, 0.2) is 36.4 Å². The van der Waals surface area contributed by atoms with Crippen LogP contribution < -0.4 is 15.0 Å². The summed E-state index contributed by atoms with van der Waals surface area (Å²) >= 11 is 0. The number of rotatable bonds is 6. The van der Waals surface area contributed by atoms with E-state index in [0.29, 0.717) is 42.9 Å². The summed E-state index contributed by atoms with van der Waals surface area (Å²) in [4.78, 5) is 14.6. The van der Waals surface area contributed by atoms with Crippen molar-refractivity contribution < 1.29 is 22.7 Å². The minimum Gasteiger partial charge on any atom is -0.494 e. The molecule has 0 bridgehead atoms. The Morgan fingerprint density at radius 3 is 2.48 bits per heavy atom. The number of benzene rings is 1. The largest absolute Gasteiger partial charge is 0.494 e. The van der Waals surface area contributed by atoms with Crippen molar-refractivity contribution in [2.45, 2.75) is 38.9 Å². The lowest BCUT2D eigenvalue weighted by Gasteiger charge is -2.32. The molecule has 1 aliphatic heterocycles. The highest BCUT2D eigenvalue weighted by Crippen LogP contribution is 2.29. The van der Waals surface area contributed by atoms with E-state index in [4.69, 9.17) is 4.74 Å². The summed E-state index contributed by atoms with van der Waals surface area (Å²) in [5.41, 5.74) is 1.01. The van der Waals surface area contributed by atoms with Crippen LogP contribution in [0.25, 0.3) is 5.65 Å². The van der Waals surface area contributed by atoms with Gasteiger partial charge in [0.2, 0.25) is 5.91 Å². The molecule has 1 fully saturated rings. The average molecular weight is 462 g/mol. The number of piperidine rings is 1. The highest BCUT2D eigenvalue weighted by molar-refractivity contribution is 5.79. The number of amides is 1. The summed E-state index contributed by atoms with van der Waals surface area (Å²) in [5.74, 6) is -0.174. The summed E-state index contributed by atoms with van der Waals surface area (Å²) in [6, 6.07) is 10.6. The molecule has 0 saturated carbocycles. The van der Waals surface area contributed by atoms with E-state index >= 15 is 0 Å². The first-order chi connectivity index (χ1) is 15.8. The first-order valence-electron chi connectivity index (χ1n) is 10.8. The minimum absolute atomic E-state index is 0.0300. The number of nitrogens with one attached hydrogen (secondary N) is 1. The lowest BCUT2D eigenvalue weighted by Crippen LogP contribution is -2.41. The number of aromatic nitrogens is 4. The van der Waals surface area contributed by atoms with Gasteiger partial charge in [-0.3, -0.25) is 4.79 Å². The summed E-state index contributed by atoms with van der Waals surface area (Å²) in [7, 11) is 0. The second-order valence-electron chi connectivity index (χ2n) is 7.98.